The van der Waals surface area contributed by atoms with Gasteiger partial charge in [-0.25, -0.2) is 0 Å². The summed E-state index contributed by atoms with van der Waals surface area (Å²) in [4.78, 5) is 0. The van der Waals surface area contributed by atoms with Gasteiger partial charge in [-0.15, -0.1) is 0 Å². The lowest BCUT2D eigenvalue weighted by Crippen LogP contribution is -2.18. The second-order valence-corrected chi connectivity index (χ2v) is 4.07. The van der Waals surface area contributed by atoms with Crippen LogP contribution in [0.25, 0.3) is 0 Å². The minimum Gasteiger partial charge on any atom is -0.398 e. The molecule has 82 valence electrons. The van der Waals surface area contributed by atoms with Crippen molar-refractivity contribution in [1.29, 1.82) is 0 Å². The summed E-state index contributed by atoms with van der Waals surface area (Å²) in [5.41, 5.74) is 8.41. The molecule has 3 N–H and O–H groups in total. The highest BCUT2D eigenvalue weighted by molar-refractivity contribution is 5.54. The number of benzene rings is 1. The molecule has 3 heteroatoms. The number of nitrogen functional groups attached to an aromatic ring is 1. The molecule has 2 rings (SSSR count). The average molecular weight is 207 g/mol. The Labute approximate surface area is 89.9 Å². The largest absolute Gasteiger partial charge is 0.398 e. The summed E-state index contributed by atoms with van der Waals surface area (Å²) in [7, 11) is 0. The molecular formula is C12H17NO2. The Balaban J connectivity index is 2.24. The standard InChI is InChI=1S/C12H17NO2/c1-8-4-2-5-9(11(8)13)12(14)10-6-3-7-15-10/h2,4-5,10,12,14H,3,6-7,13H2,1H3. The number of aliphatic hydroxyl groups excluding tert-OH is 1. The minimum atomic E-state index is -0.590. The second-order valence-electron chi connectivity index (χ2n) is 4.07. The van der Waals surface area contributed by atoms with Gasteiger partial charge < -0.3 is 15.6 Å². The van der Waals surface area contributed by atoms with Crippen molar-refractivity contribution in [2.75, 3.05) is 12.3 Å². The topological polar surface area (TPSA) is 55.5 Å². The van der Waals surface area contributed by atoms with E-state index in [1.807, 2.05) is 25.1 Å². The third-order valence-corrected chi connectivity index (χ3v) is 2.99. The summed E-state index contributed by atoms with van der Waals surface area (Å²) < 4.78 is 5.46. The number of ether oxygens (including phenoxy) is 1. The number of para-hydroxylation sites is 1. The van der Waals surface area contributed by atoms with E-state index in [1.165, 1.54) is 0 Å². The Bertz CT molecular complexity index is 345. The van der Waals surface area contributed by atoms with Crippen molar-refractivity contribution < 1.29 is 9.84 Å². The maximum absolute atomic E-state index is 10.1. The highest BCUT2D eigenvalue weighted by Crippen LogP contribution is 2.31. The van der Waals surface area contributed by atoms with Crippen LogP contribution >= 0.6 is 0 Å². The summed E-state index contributed by atoms with van der Waals surface area (Å²) in [5.74, 6) is 0. The highest BCUT2D eigenvalue weighted by atomic mass is 16.5. The van der Waals surface area contributed by atoms with Crippen molar-refractivity contribution >= 4 is 5.69 Å². The Morgan fingerprint density at radius 3 is 3.00 bits per heavy atom. The molecule has 3 nitrogen and oxygen atoms in total. The van der Waals surface area contributed by atoms with Crippen molar-refractivity contribution in [2.24, 2.45) is 0 Å². The lowest BCUT2D eigenvalue weighted by atomic mass is 9.98. The van der Waals surface area contributed by atoms with Gasteiger partial charge in [-0.2, -0.15) is 0 Å². The van der Waals surface area contributed by atoms with Crippen LogP contribution in [0.2, 0.25) is 0 Å². The summed E-state index contributed by atoms with van der Waals surface area (Å²) in [5, 5.41) is 10.1. The van der Waals surface area contributed by atoms with Gasteiger partial charge in [-0.3, -0.25) is 0 Å². The van der Waals surface area contributed by atoms with Gasteiger partial charge in [0, 0.05) is 17.9 Å². The molecule has 0 saturated carbocycles. The van der Waals surface area contributed by atoms with E-state index in [0.29, 0.717) is 5.69 Å². The number of anilines is 1. The number of rotatable bonds is 2. The van der Waals surface area contributed by atoms with Crippen LogP contribution in [0, 0.1) is 6.92 Å². The van der Waals surface area contributed by atoms with Crippen LogP contribution in [-0.4, -0.2) is 17.8 Å². The molecule has 0 spiro atoms. The molecule has 1 fully saturated rings. The van der Waals surface area contributed by atoms with E-state index in [-0.39, 0.29) is 6.10 Å². The van der Waals surface area contributed by atoms with Crippen LogP contribution in [0.4, 0.5) is 5.69 Å². The number of hydrogen-bond donors (Lipinski definition) is 2. The van der Waals surface area contributed by atoms with E-state index in [4.69, 9.17) is 10.5 Å². The smallest absolute Gasteiger partial charge is 0.107 e. The van der Waals surface area contributed by atoms with E-state index >= 15 is 0 Å². The summed E-state index contributed by atoms with van der Waals surface area (Å²) >= 11 is 0. The zero-order chi connectivity index (χ0) is 10.8. The third kappa shape index (κ3) is 1.98. The molecule has 15 heavy (non-hydrogen) atoms. The molecule has 2 unspecified atom stereocenters. The molecule has 1 saturated heterocycles. The molecule has 1 aliphatic rings. The quantitative estimate of drug-likeness (QED) is 0.727. The van der Waals surface area contributed by atoms with Crippen molar-refractivity contribution in [3.63, 3.8) is 0 Å². The van der Waals surface area contributed by atoms with E-state index < -0.39 is 6.10 Å². The Morgan fingerprint density at radius 1 is 1.53 bits per heavy atom. The van der Waals surface area contributed by atoms with E-state index in [2.05, 4.69) is 0 Å². The van der Waals surface area contributed by atoms with Crippen molar-refractivity contribution in [1.82, 2.24) is 0 Å². The van der Waals surface area contributed by atoms with Gasteiger partial charge in [-0.1, -0.05) is 18.2 Å². The zero-order valence-corrected chi connectivity index (χ0v) is 8.94. The number of hydrogen-bond acceptors (Lipinski definition) is 3. The number of aryl methyl sites for hydroxylation is 1. The first kappa shape index (κ1) is 10.5. The predicted molar refractivity (Wildman–Crippen MR) is 59.5 cm³/mol. The van der Waals surface area contributed by atoms with Crippen LogP contribution in [-0.2, 0) is 4.74 Å². The first-order valence-electron chi connectivity index (χ1n) is 5.35. The summed E-state index contributed by atoms with van der Waals surface area (Å²) in [6.45, 7) is 2.69. The lowest BCUT2D eigenvalue weighted by Gasteiger charge is -2.20. The summed E-state index contributed by atoms with van der Waals surface area (Å²) in [6, 6.07) is 5.73. The fraction of sp³-hybridized carbons (Fsp3) is 0.500. The molecule has 0 bridgehead atoms. The van der Waals surface area contributed by atoms with Crippen LogP contribution < -0.4 is 5.73 Å². The van der Waals surface area contributed by atoms with Crippen LogP contribution in [0.15, 0.2) is 18.2 Å². The molecule has 1 heterocycles. The molecule has 2 atom stereocenters. The van der Waals surface area contributed by atoms with Crippen LogP contribution in [0.3, 0.4) is 0 Å². The van der Waals surface area contributed by atoms with Gasteiger partial charge in [0.15, 0.2) is 0 Å². The molecule has 1 aromatic rings. The van der Waals surface area contributed by atoms with E-state index in [9.17, 15) is 5.11 Å². The fourth-order valence-corrected chi connectivity index (χ4v) is 2.01. The Kier molecular flexibility index (Phi) is 2.93. The highest BCUT2D eigenvalue weighted by Gasteiger charge is 2.26. The SMILES string of the molecule is Cc1cccc(C(O)C2CCCO2)c1N. The maximum Gasteiger partial charge on any atom is 0.107 e. The molecule has 0 aliphatic carbocycles. The number of aliphatic hydroxyl groups is 1. The molecule has 1 aromatic carbocycles. The maximum atomic E-state index is 10.1. The minimum absolute atomic E-state index is 0.0888. The van der Waals surface area contributed by atoms with Gasteiger partial charge in [-0.05, 0) is 25.3 Å². The van der Waals surface area contributed by atoms with Crippen molar-refractivity contribution in [2.45, 2.75) is 32.0 Å². The van der Waals surface area contributed by atoms with Crippen LogP contribution in [0.5, 0.6) is 0 Å². The Morgan fingerprint density at radius 2 is 2.33 bits per heavy atom. The van der Waals surface area contributed by atoms with Gasteiger partial charge in [0.05, 0.1) is 6.10 Å². The van der Waals surface area contributed by atoms with E-state index in [1.54, 1.807) is 0 Å². The first-order chi connectivity index (χ1) is 7.20. The normalized spacial score (nSPS) is 22.9. The second kappa shape index (κ2) is 4.21. The van der Waals surface area contributed by atoms with Gasteiger partial charge in [0.25, 0.3) is 0 Å². The van der Waals surface area contributed by atoms with Gasteiger partial charge in [0.2, 0.25) is 0 Å². The Hall–Kier alpha value is -1.06. The summed E-state index contributed by atoms with van der Waals surface area (Å²) in [6.07, 6.45) is 1.25. The monoisotopic (exact) mass is 207 g/mol. The van der Waals surface area contributed by atoms with E-state index in [0.717, 1.165) is 30.6 Å². The van der Waals surface area contributed by atoms with Gasteiger partial charge in [0.1, 0.15) is 6.10 Å². The molecule has 0 amide bonds. The lowest BCUT2D eigenvalue weighted by molar-refractivity contribution is -0.00223. The molecular weight excluding hydrogens is 190 g/mol. The van der Waals surface area contributed by atoms with Crippen LogP contribution in [0.1, 0.15) is 30.1 Å². The molecule has 1 aliphatic heterocycles. The molecule has 0 radical (unpaired) electrons. The predicted octanol–water partition coefficient (Wildman–Crippen LogP) is 1.79. The zero-order valence-electron chi connectivity index (χ0n) is 8.94. The van der Waals surface area contributed by atoms with Crippen molar-refractivity contribution in [3.05, 3.63) is 29.3 Å². The molecule has 0 aromatic heterocycles. The first-order valence-corrected chi connectivity index (χ1v) is 5.35. The van der Waals surface area contributed by atoms with Gasteiger partial charge >= 0.3 is 0 Å². The number of nitrogens with two attached hydrogens (primary N) is 1. The average Bonchev–Trinajstić information content (AvgIpc) is 2.74. The fourth-order valence-electron chi connectivity index (χ4n) is 2.01. The van der Waals surface area contributed by atoms with Crippen molar-refractivity contribution in [3.8, 4) is 0 Å². The third-order valence-electron chi connectivity index (χ3n) is 2.99.